The van der Waals surface area contributed by atoms with E-state index in [4.69, 9.17) is 0 Å². The Morgan fingerprint density at radius 3 is 1.52 bits per heavy atom. The molecule has 27 heavy (non-hydrogen) atoms. The van der Waals surface area contributed by atoms with Gasteiger partial charge in [-0.1, -0.05) is 97.9 Å². The lowest BCUT2D eigenvalue weighted by Crippen LogP contribution is -2.54. The number of aliphatic hydroxyl groups is 1. The Balaban J connectivity index is 1.98. The molecule has 138 valence electrons. The predicted octanol–water partition coefficient (Wildman–Crippen LogP) is 4.68. The van der Waals surface area contributed by atoms with Crippen molar-refractivity contribution in [2.24, 2.45) is 5.92 Å². The molecule has 2 heteroatoms. The Labute approximate surface area is 162 Å². The van der Waals surface area contributed by atoms with Gasteiger partial charge in [-0.25, -0.2) is 0 Å². The van der Waals surface area contributed by atoms with Crippen LogP contribution in [0.2, 0.25) is 0 Å². The van der Waals surface area contributed by atoms with Crippen LogP contribution in [-0.4, -0.2) is 29.2 Å². The molecule has 1 heterocycles. The molecule has 0 aromatic heterocycles. The molecule has 0 bridgehead atoms. The second-order valence-corrected chi connectivity index (χ2v) is 7.59. The molecule has 1 fully saturated rings. The Morgan fingerprint density at radius 1 is 0.741 bits per heavy atom. The van der Waals surface area contributed by atoms with E-state index in [0.29, 0.717) is 0 Å². The van der Waals surface area contributed by atoms with E-state index in [1.54, 1.807) is 0 Å². The van der Waals surface area contributed by atoms with E-state index in [0.717, 1.165) is 19.5 Å². The molecule has 1 aliphatic heterocycles. The van der Waals surface area contributed by atoms with Gasteiger partial charge in [-0.2, -0.15) is 0 Å². The zero-order valence-electron chi connectivity index (χ0n) is 15.8. The molecule has 2 atom stereocenters. The largest absolute Gasteiger partial charge is 0.393 e. The van der Waals surface area contributed by atoms with Crippen molar-refractivity contribution < 1.29 is 5.11 Å². The standard InChI is InChI=1S/C25H27NO/c1-20-19-26(18-17-24(20)27)25(21-11-5-2-6-12-21,22-13-7-3-8-14-22)23-15-9-4-10-16-23/h2-16,20,24,27H,17-19H2,1H3. The van der Waals surface area contributed by atoms with Gasteiger partial charge in [-0.3, -0.25) is 4.90 Å². The third-order valence-corrected chi connectivity index (χ3v) is 5.91. The van der Waals surface area contributed by atoms with Crippen LogP contribution in [0, 0.1) is 5.92 Å². The smallest absolute Gasteiger partial charge is 0.0973 e. The molecule has 2 unspecified atom stereocenters. The highest BCUT2D eigenvalue weighted by Gasteiger charge is 2.44. The van der Waals surface area contributed by atoms with E-state index < -0.39 is 0 Å². The fraction of sp³-hybridized carbons (Fsp3) is 0.280. The third kappa shape index (κ3) is 3.20. The fourth-order valence-corrected chi connectivity index (χ4v) is 4.52. The number of benzene rings is 3. The Morgan fingerprint density at radius 2 is 1.15 bits per heavy atom. The van der Waals surface area contributed by atoms with Gasteiger partial charge in [-0.05, 0) is 29.0 Å². The summed E-state index contributed by atoms with van der Waals surface area (Å²) in [6, 6.07) is 32.4. The van der Waals surface area contributed by atoms with E-state index in [2.05, 4.69) is 103 Å². The fourth-order valence-electron chi connectivity index (χ4n) is 4.52. The summed E-state index contributed by atoms with van der Waals surface area (Å²) in [6.45, 7) is 3.88. The molecule has 0 spiro atoms. The van der Waals surface area contributed by atoms with Crippen LogP contribution in [0.4, 0.5) is 0 Å². The molecule has 0 saturated carbocycles. The lowest BCUT2D eigenvalue weighted by Gasteiger charge is -2.49. The summed E-state index contributed by atoms with van der Waals surface area (Å²) in [7, 11) is 0. The molecule has 0 amide bonds. The van der Waals surface area contributed by atoms with Crippen molar-refractivity contribution in [3.63, 3.8) is 0 Å². The van der Waals surface area contributed by atoms with E-state index >= 15 is 0 Å². The first-order valence-corrected chi connectivity index (χ1v) is 9.82. The van der Waals surface area contributed by atoms with Crippen molar-refractivity contribution in [1.29, 1.82) is 0 Å². The number of nitrogens with zero attached hydrogens (tertiary/aromatic N) is 1. The molecular formula is C25H27NO. The SMILES string of the molecule is CC1CN(C(c2ccccc2)(c2ccccc2)c2ccccc2)CCC1O. The first-order chi connectivity index (χ1) is 13.2. The number of hydrogen-bond donors (Lipinski definition) is 1. The van der Waals surface area contributed by atoms with Crippen LogP contribution in [0.3, 0.4) is 0 Å². The molecule has 4 rings (SSSR count). The summed E-state index contributed by atoms with van der Waals surface area (Å²) in [5.41, 5.74) is 3.45. The van der Waals surface area contributed by atoms with Crippen LogP contribution < -0.4 is 0 Å². The average molecular weight is 357 g/mol. The van der Waals surface area contributed by atoms with E-state index in [1.165, 1.54) is 16.7 Å². The van der Waals surface area contributed by atoms with Gasteiger partial charge < -0.3 is 5.11 Å². The van der Waals surface area contributed by atoms with Gasteiger partial charge in [0.15, 0.2) is 0 Å². The Kier molecular flexibility index (Phi) is 5.11. The predicted molar refractivity (Wildman–Crippen MR) is 111 cm³/mol. The summed E-state index contributed by atoms with van der Waals surface area (Å²) in [6.07, 6.45) is 0.580. The number of rotatable bonds is 4. The van der Waals surface area contributed by atoms with Crippen molar-refractivity contribution >= 4 is 0 Å². The first-order valence-electron chi connectivity index (χ1n) is 9.82. The second kappa shape index (κ2) is 7.67. The van der Waals surface area contributed by atoms with Crippen LogP contribution in [-0.2, 0) is 5.54 Å². The van der Waals surface area contributed by atoms with E-state index in [1.807, 2.05) is 0 Å². The van der Waals surface area contributed by atoms with Crippen LogP contribution in [0.15, 0.2) is 91.0 Å². The van der Waals surface area contributed by atoms with Crippen molar-refractivity contribution in [1.82, 2.24) is 4.90 Å². The molecular weight excluding hydrogens is 330 g/mol. The minimum atomic E-state index is -0.363. The molecule has 0 radical (unpaired) electrons. The van der Waals surface area contributed by atoms with Crippen LogP contribution in [0.25, 0.3) is 0 Å². The van der Waals surface area contributed by atoms with Gasteiger partial charge in [0, 0.05) is 13.1 Å². The molecule has 1 saturated heterocycles. The molecule has 1 N–H and O–H groups in total. The normalized spacial score (nSPS) is 21.1. The highest BCUT2D eigenvalue weighted by atomic mass is 16.3. The van der Waals surface area contributed by atoms with Crippen molar-refractivity contribution in [2.45, 2.75) is 25.0 Å². The minimum absolute atomic E-state index is 0.221. The quantitative estimate of drug-likeness (QED) is 0.685. The minimum Gasteiger partial charge on any atom is -0.393 e. The second-order valence-electron chi connectivity index (χ2n) is 7.59. The van der Waals surface area contributed by atoms with Gasteiger partial charge >= 0.3 is 0 Å². The lowest BCUT2D eigenvalue weighted by molar-refractivity contribution is 0.00424. The lowest BCUT2D eigenvalue weighted by atomic mass is 9.74. The summed E-state index contributed by atoms with van der Waals surface area (Å²) < 4.78 is 0. The molecule has 2 nitrogen and oxygen atoms in total. The number of hydrogen-bond acceptors (Lipinski definition) is 2. The zero-order chi connectivity index (χ0) is 18.7. The van der Waals surface area contributed by atoms with Crippen LogP contribution >= 0.6 is 0 Å². The topological polar surface area (TPSA) is 23.5 Å². The van der Waals surface area contributed by atoms with Crippen molar-refractivity contribution in [3.05, 3.63) is 108 Å². The third-order valence-electron chi connectivity index (χ3n) is 5.91. The number of likely N-dealkylation sites (tertiary alicyclic amines) is 1. The highest BCUT2D eigenvalue weighted by Crippen LogP contribution is 2.44. The van der Waals surface area contributed by atoms with Gasteiger partial charge in [-0.15, -0.1) is 0 Å². The first kappa shape index (κ1) is 18.0. The Hall–Kier alpha value is -2.42. The van der Waals surface area contributed by atoms with Gasteiger partial charge in [0.05, 0.1) is 11.6 Å². The summed E-state index contributed by atoms with van der Waals surface area (Å²) in [5, 5.41) is 10.3. The van der Waals surface area contributed by atoms with Gasteiger partial charge in [0.1, 0.15) is 0 Å². The number of aliphatic hydroxyl groups excluding tert-OH is 1. The maximum atomic E-state index is 10.3. The average Bonchev–Trinajstić information content (AvgIpc) is 2.74. The summed E-state index contributed by atoms with van der Waals surface area (Å²) in [4.78, 5) is 2.56. The highest BCUT2D eigenvalue weighted by molar-refractivity contribution is 5.49. The zero-order valence-corrected chi connectivity index (χ0v) is 15.8. The summed E-state index contributed by atoms with van der Waals surface area (Å²) in [5.74, 6) is 0.245. The maximum Gasteiger partial charge on any atom is 0.0973 e. The maximum absolute atomic E-state index is 10.3. The van der Waals surface area contributed by atoms with Gasteiger partial charge in [0.25, 0.3) is 0 Å². The van der Waals surface area contributed by atoms with E-state index in [-0.39, 0.29) is 17.6 Å². The molecule has 3 aromatic carbocycles. The Bertz CT molecular complexity index is 751. The molecule has 1 aliphatic rings. The van der Waals surface area contributed by atoms with Crippen molar-refractivity contribution in [3.8, 4) is 0 Å². The molecule has 3 aromatic rings. The van der Waals surface area contributed by atoms with E-state index in [9.17, 15) is 5.11 Å². The van der Waals surface area contributed by atoms with Gasteiger partial charge in [0.2, 0.25) is 0 Å². The number of piperidine rings is 1. The van der Waals surface area contributed by atoms with Crippen molar-refractivity contribution in [2.75, 3.05) is 13.1 Å². The summed E-state index contributed by atoms with van der Waals surface area (Å²) >= 11 is 0. The van der Waals surface area contributed by atoms with Crippen LogP contribution in [0.5, 0.6) is 0 Å². The van der Waals surface area contributed by atoms with Crippen LogP contribution in [0.1, 0.15) is 30.0 Å². The monoisotopic (exact) mass is 357 g/mol. The molecule has 0 aliphatic carbocycles.